The number of aryl methyl sites for hydroxylation is 1. The number of nitrogens with one attached hydrogen (secondary N) is 1. The standard InChI is InChI=1S/C18H21Cl2N/c1-4-21-18(15-6-5-7-16(19)13(15)3)11-14-9-8-12(2)10-17(14)20/h5-10,18,21H,4,11H2,1-3H3. The third kappa shape index (κ3) is 4.00. The van der Waals surface area contributed by atoms with Crippen LogP contribution in [0.4, 0.5) is 0 Å². The lowest BCUT2D eigenvalue weighted by Crippen LogP contribution is -2.24. The Morgan fingerprint density at radius 1 is 1.05 bits per heavy atom. The molecule has 3 heteroatoms. The van der Waals surface area contributed by atoms with E-state index in [4.69, 9.17) is 23.2 Å². The zero-order valence-corrected chi connectivity index (χ0v) is 14.2. The van der Waals surface area contributed by atoms with E-state index in [0.29, 0.717) is 0 Å². The van der Waals surface area contributed by atoms with Gasteiger partial charge in [-0.15, -0.1) is 0 Å². The Hall–Kier alpha value is -1.02. The average Bonchev–Trinajstić information content (AvgIpc) is 2.44. The first-order valence-corrected chi connectivity index (χ1v) is 8.02. The first-order chi connectivity index (χ1) is 10.0. The molecule has 0 radical (unpaired) electrons. The molecule has 21 heavy (non-hydrogen) atoms. The first-order valence-electron chi connectivity index (χ1n) is 7.26. The van der Waals surface area contributed by atoms with Crippen LogP contribution in [0.2, 0.25) is 10.0 Å². The van der Waals surface area contributed by atoms with Crippen molar-refractivity contribution in [1.82, 2.24) is 5.32 Å². The van der Waals surface area contributed by atoms with Crippen molar-refractivity contribution in [1.29, 1.82) is 0 Å². The van der Waals surface area contributed by atoms with Crippen LogP contribution < -0.4 is 5.32 Å². The Balaban J connectivity index is 2.33. The molecule has 0 heterocycles. The van der Waals surface area contributed by atoms with Crippen molar-refractivity contribution in [2.45, 2.75) is 33.2 Å². The van der Waals surface area contributed by atoms with Crippen molar-refractivity contribution < 1.29 is 0 Å². The van der Waals surface area contributed by atoms with Gasteiger partial charge in [0.25, 0.3) is 0 Å². The van der Waals surface area contributed by atoms with Gasteiger partial charge in [0.15, 0.2) is 0 Å². The average molecular weight is 322 g/mol. The van der Waals surface area contributed by atoms with E-state index in [2.05, 4.69) is 44.3 Å². The zero-order chi connectivity index (χ0) is 15.4. The quantitative estimate of drug-likeness (QED) is 0.766. The third-order valence-corrected chi connectivity index (χ3v) is 4.53. The highest BCUT2D eigenvalue weighted by Crippen LogP contribution is 2.29. The van der Waals surface area contributed by atoms with E-state index < -0.39 is 0 Å². The predicted molar refractivity (Wildman–Crippen MR) is 92.5 cm³/mol. The van der Waals surface area contributed by atoms with Crippen molar-refractivity contribution in [2.24, 2.45) is 0 Å². The maximum atomic E-state index is 6.38. The number of rotatable bonds is 5. The fraction of sp³-hybridized carbons (Fsp3) is 0.333. The molecular formula is C18H21Cl2N. The summed E-state index contributed by atoms with van der Waals surface area (Å²) in [5.41, 5.74) is 4.71. The van der Waals surface area contributed by atoms with Gasteiger partial charge < -0.3 is 5.32 Å². The van der Waals surface area contributed by atoms with Crippen molar-refractivity contribution >= 4 is 23.2 Å². The molecule has 2 aromatic rings. The minimum Gasteiger partial charge on any atom is -0.310 e. The van der Waals surface area contributed by atoms with Gasteiger partial charge >= 0.3 is 0 Å². The topological polar surface area (TPSA) is 12.0 Å². The van der Waals surface area contributed by atoms with Crippen LogP contribution in [0.1, 0.15) is 35.2 Å². The second kappa shape index (κ2) is 7.31. The summed E-state index contributed by atoms with van der Waals surface area (Å²) < 4.78 is 0. The summed E-state index contributed by atoms with van der Waals surface area (Å²) >= 11 is 12.6. The molecule has 1 atom stereocenters. The van der Waals surface area contributed by atoms with Crippen LogP contribution in [0.5, 0.6) is 0 Å². The summed E-state index contributed by atoms with van der Waals surface area (Å²) in [6, 6.07) is 12.5. The van der Waals surface area contributed by atoms with Crippen LogP contribution in [0.3, 0.4) is 0 Å². The monoisotopic (exact) mass is 321 g/mol. The number of benzene rings is 2. The lowest BCUT2D eigenvalue weighted by molar-refractivity contribution is 0.547. The lowest BCUT2D eigenvalue weighted by Gasteiger charge is -2.22. The number of hydrogen-bond donors (Lipinski definition) is 1. The van der Waals surface area contributed by atoms with Crippen molar-refractivity contribution in [3.8, 4) is 0 Å². The zero-order valence-electron chi connectivity index (χ0n) is 12.7. The van der Waals surface area contributed by atoms with Crippen LogP contribution >= 0.6 is 23.2 Å². The molecular weight excluding hydrogens is 301 g/mol. The van der Waals surface area contributed by atoms with Gasteiger partial charge in [-0.05, 0) is 61.2 Å². The highest BCUT2D eigenvalue weighted by Gasteiger charge is 2.16. The maximum absolute atomic E-state index is 6.38. The summed E-state index contributed by atoms with van der Waals surface area (Å²) in [6.07, 6.45) is 0.855. The van der Waals surface area contributed by atoms with Crippen LogP contribution in [0, 0.1) is 13.8 Å². The summed E-state index contributed by atoms with van der Waals surface area (Å²) in [7, 11) is 0. The molecule has 112 valence electrons. The molecule has 0 amide bonds. The van der Waals surface area contributed by atoms with E-state index in [9.17, 15) is 0 Å². The number of likely N-dealkylation sites (N-methyl/N-ethyl adjacent to an activating group) is 1. The van der Waals surface area contributed by atoms with Crippen molar-refractivity contribution in [3.05, 3.63) is 68.7 Å². The maximum Gasteiger partial charge on any atom is 0.0441 e. The molecule has 2 aromatic carbocycles. The van der Waals surface area contributed by atoms with Crippen LogP contribution in [0.15, 0.2) is 36.4 Å². The molecule has 0 bridgehead atoms. The fourth-order valence-electron chi connectivity index (χ4n) is 2.58. The van der Waals surface area contributed by atoms with Gasteiger partial charge in [0.2, 0.25) is 0 Å². The molecule has 0 saturated carbocycles. The predicted octanol–water partition coefficient (Wildman–Crippen LogP) is 5.50. The molecule has 0 aliphatic rings. The largest absolute Gasteiger partial charge is 0.310 e. The van der Waals surface area contributed by atoms with Gasteiger partial charge in [-0.2, -0.15) is 0 Å². The molecule has 0 aliphatic carbocycles. The fourth-order valence-corrected chi connectivity index (χ4v) is 3.07. The van der Waals surface area contributed by atoms with Crippen LogP contribution in [-0.4, -0.2) is 6.54 Å². The molecule has 1 nitrogen and oxygen atoms in total. The minimum atomic E-state index is 0.217. The van der Waals surface area contributed by atoms with Gasteiger partial charge in [-0.25, -0.2) is 0 Å². The molecule has 2 rings (SSSR count). The van der Waals surface area contributed by atoms with Crippen molar-refractivity contribution in [2.75, 3.05) is 6.54 Å². The lowest BCUT2D eigenvalue weighted by atomic mass is 9.95. The van der Waals surface area contributed by atoms with Gasteiger partial charge in [0.05, 0.1) is 0 Å². The molecule has 1 unspecified atom stereocenters. The van der Waals surface area contributed by atoms with Gasteiger partial charge in [-0.3, -0.25) is 0 Å². The Morgan fingerprint density at radius 3 is 2.48 bits per heavy atom. The van der Waals surface area contributed by atoms with Crippen molar-refractivity contribution in [3.63, 3.8) is 0 Å². The molecule has 0 aliphatic heterocycles. The SMILES string of the molecule is CCNC(Cc1ccc(C)cc1Cl)c1cccc(Cl)c1C. The Kier molecular flexibility index (Phi) is 5.69. The Bertz CT molecular complexity index is 623. The van der Waals surface area contributed by atoms with E-state index >= 15 is 0 Å². The normalized spacial score (nSPS) is 12.4. The molecule has 0 spiro atoms. The second-order valence-corrected chi connectivity index (χ2v) is 6.18. The molecule has 0 fully saturated rings. The molecule has 0 aromatic heterocycles. The van der Waals surface area contributed by atoms with E-state index in [0.717, 1.165) is 34.1 Å². The summed E-state index contributed by atoms with van der Waals surface area (Å²) in [6.45, 7) is 7.14. The van der Waals surface area contributed by atoms with Gasteiger partial charge in [0, 0.05) is 16.1 Å². The van der Waals surface area contributed by atoms with E-state index in [-0.39, 0.29) is 6.04 Å². The number of hydrogen-bond acceptors (Lipinski definition) is 1. The molecule has 1 N–H and O–H groups in total. The van der Waals surface area contributed by atoms with Crippen LogP contribution in [-0.2, 0) is 6.42 Å². The van der Waals surface area contributed by atoms with Crippen LogP contribution in [0.25, 0.3) is 0 Å². The van der Waals surface area contributed by atoms with Gasteiger partial charge in [0.1, 0.15) is 0 Å². The van der Waals surface area contributed by atoms with E-state index in [1.165, 1.54) is 11.1 Å². The summed E-state index contributed by atoms with van der Waals surface area (Å²) in [5.74, 6) is 0. The highest BCUT2D eigenvalue weighted by atomic mass is 35.5. The Morgan fingerprint density at radius 2 is 1.81 bits per heavy atom. The van der Waals surface area contributed by atoms with E-state index in [1.54, 1.807) is 0 Å². The smallest absolute Gasteiger partial charge is 0.0441 e. The minimum absolute atomic E-state index is 0.217. The summed E-state index contributed by atoms with van der Waals surface area (Å²) in [4.78, 5) is 0. The number of halogens is 2. The Labute approximate surface area is 137 Å². The molecule has 0 saturated heterocycles. The van der Waals surface area contributed by atoms with E-state index in [1.807, 2.05) is 18.2 Å². The third-order valence-electron chi connectivity index (χ3n) is 3.77. The second-order valence-electron chi connectivity index (χ2n) is 5.36. The highest BCUT2D eigenvalue weighted by molar-refractivity contribution is 6.31. The summed E-state index contributed by atoms with van der Waals surface area (Å²) in [5, 5.41) is 5.18. The van der Waals surface area contributed by atoms with Gasteiger partial charge in [-0.1, -0.05) is 54.4 Å². The first kappa shape index (κ1) is 16.4.